The minimum Gasteiger partial charge on any atom is -0.352 e. The van der Waals surface area contributed by atoms with Crippen LogP contribution in [0.5, 0.6) is 0 Å². The fourth-order valence-electron chi connectivity index (χ4n) is 2.79. The van der Waals surface area contributed by atoms with Gasteiger partial charge in [-0.05, 0) is 65.9 Å². The number of benzene rings is 1. The average Bonchev–Trinajstić information content (AvgIpc) is 2.57. The van der Waals surface area contributed by atoms with Gasteiger partial charge >= 0.3 is 6.03 Å². The van der Waals surface area contributed by atoms with E-state index < -0.39 is 0 Å². The van der Waals surface area contributed by atoms with Crippen molar-refractivity contribution in [1.29, 1.82) is 0 Å². The molecule has 1 aliphatic rings. The van der Waals surface area contributed by atoms with Crippen molar-refractivity contribution in [2.45, 2.75) is 13.0 Å². The second-order valence-electron chi connectivity index (χ2n) is 5.73. The van der Waals surface area contributed by atoms with Crippen LogP contribution in [0.3, 0.4) is 0 Å². The Kier molecular flexibility index (Phi) is 5.45. The van der Waals surface area contributed by atoms with E-state index in [1.54, 1.807) is 6.20 Å². The van der Waals surface area contributed by atoms with Gasteiger partial charge in [-0.15, -0.1) is 0 Å². The predicted octanol–water partition coefficient (Wildman–Crippen LogP) is 4.08. The molecule has 0 saturated carbocycles. The lowest BCUT2D eigenvalue weighted by Gasteiger charge is -2.40. The fraction of sp³-hybridized carbons (Fsp3) is 0.294. The van der Waals surface area contributed by atoms with Gasteiger partial charge in [0, 0.05) is 41.1 Å². The minimum absolute atomic E-state index is 0.0701. The Morgan fingerprint density at radius 3 is 2.71 bits per heavy atom. The Bertz CT molecular complexity index is 725. The number of nitrogens with one attached hydrogen (secondary N) is 1. The van der Waals surface area contributed by atoms with E-state index in [4.69, 9.17) is 11.6 Å². The molecule has 2 amide bonds. The molecule has 1 N–H and O–H groups in total. The maximum absolute atomic E-state index is 12.5. The third-order valence-electron chi connectivity index (χ3n) is 4.02. The zero-order valence-corrected chi connectivity index (χ0v) is 16.2. The van der Waals surface area contributed by atoms with Crippen LogP contribution in [0.15, 0.2) is 42.6 Å². The lowest BCUT2D eigenvalue weighted by molar-refractivity contribution is 0.184. The lowest BCUT2D eigenvalue weighted by atomic mass is 10.2. The van der Waals surface area contributed by atoms with Crippen LogP contribution >= 0.6 is 34.2 Å². The number of halogens is 2. The molecule has 0 unspecified atom stereocenters. The molecule has 1 aliphatic heterocycles. The number of hydrogen-bond acceptors (Lipinski definition) is 3. The summed E-state index contributed by atoms with van der Waals surface area (Å²) in [5.41, 5.74) is 0.808. The largest absolute Gasteiger partial charge is 0.352 e. The first-order valence-electron chi connectivity index (χ1n) is 7.73. The van der Waals surface area contributed by atoms with Gasteiger partial charge in [-0.1, -0.05) is 11.6 Å². The maximum Gasteiger partial charge on any atom is 0.322 e. The Morgan fingerprint density at radius 1 is 1.29 bits per heavy atom. The normalized spacial score (nSPS) is 17.7. The van der Waals surface area contributed by atoms with E-state index >= 15 is 0 Å². The van der Waals surface area contributed by atoms with Crippen LogP contribution in [0.25, 0.3) is 0 Å². The van der Waals surface area contributed by atoms with Gasteiger partial charge in [0.25, 0.3) is 0 Å². The zero-order valence-electron chi connectivity index (χ0n) is 13.2. The Labute approximate surface area is 160 Å². The molecule has 0 aliphatic carbocycles. The third kappa shape index (κ3) is 3.92. The molecular formula is C17H18ClIN4O. The van der Waals surface area contributed by atoms with E-state index in [2.05, 4.69) is 37.8 Å². The van der Waals surface area contributed by atoms with Crippen molar-refractivity contribution in [3.8, 4) is 0 Å². The number of carbonyl (C=O) groups is 1. The molecule has 5 nitrogen and oxygen atoms in total. The first-order chi connectivity index (χ1) is 11.5. The Morgan fingerprint density at radius 2 is 2.04 bits per heavy atom. The fourth-order valence-corrected chi connectivity index (χ4v) is 3.39. The van der Waals surface area contributed by atoms with E-state index in [0.29, 0.717) is 24.7 Å². The van der Waals surface area contributed by atoms with Gasteiger partial charge in [0.1, 0.15) is 5.82 Å². The molecule has 1 aromatic carbocycles. The maximum atomic E-state index is 12.5. The Balaban J connectivity index is 1.64. The number of pyridine rings is 1. The molecule has 0 spiro atoms. The molecule has 7 heteroatoms. The number of aromatic nitrogens is 1. The van der Waals surface area contributed by atoms with Gasteiger partial charge in [0.05, 0.1) is 5.02 Å². The summed E-state index contributed by atoms with van der Waals surface area (Å²) in [6.07, 6.45) is 1.74. The quantitative estimate of drug-likeness (QED) is 0.693. The SMILES string of the molecule is C[C@@H]1CN(c2ncccc2Cl)CCN1C(=O)Nc1ccc(I)cc1. The Hall–Kier alpha value is -1.54. The summed E-state index contributed by atoms with van der Waals surface area (Å²) >= 11 is 8.47. The van der Waals surface area contributed by atoms with E-state index in [0.717, 1.165) is 15.1 Å². The average molecular weight is 457 g/mol. The van der Waals surface area contributed by atoms with Crippen molar-refractivity contribution in [1.82, 2.24) is 9.88 Å². The van der Waals surface area contributed by atoms with Crippen molar-refractivity contribution in [2.24, 2.45) is 0 Å². The topological polar surface area (TPSA) is 48.5 Å². The highest BCUT2D eigenvalue weighted by molar-refractivity contribution is 14.1. The van der Waals surface area contributed by atoms with Gasteiger partial charge < -0.3 is 15.1 Å². The van der Waals surface area contributed by atoms with Gasteiger partial charge in [-0.2, -0.15) is 0 Å². The number of hydrogen-bond donors (Lipinski definition) is 1. The molecule has 1 saturated heterocycles. The summed E-state index contributed by atoms with van der Waals surface area (Å²) in [6, 6.07) is 11.4. The van der Waals surface area contributed by atoms with Crippen LogP contribution in [0.4, 0.5) is 16.3 Å². The molecule has 3 rings (SSSR count). The first kappa shape index (κ1) is 17.3. The predicted molar refractivity (Wildman–Crippen MR) is 106 cm³/mol. The minimum atomic E-state index is -0.0736. The van der Waals surface area contributed by atoms with Crippen LogP contribution in [0.1, 0.15) is 6.92 Å². The number of anilines is 2. The van der Waals surface area contributed by atoms with Crippen LogP contribution < -0.4 is 10.2 Å². The molecule has 24 heavy (non-hydrogen) atoms. The highest BCUT2D eigenvalue weighted by Crippen LogP contribution is 2.25. The molecular weight excluding hydrogens is 439 g/mol. The molecule has 126 valence electrons. The van der Waals surface area contributed by atoms with E-state index in [1.165, 1.54) is 0 Å². The molecule has 1 atom stereocenters. The standard InChI is InChI=1S/C17H18ClIN4O/c1-12-11-22(16-15(18)3-2-8-20-16)9-10-23(12)17(24)21-14-6-4-13(19)5-7-14/h2-8,12H,9-11H2,1H3,(H,21,24)/t12-/m1/s1. The van der Waals surface area contributed by atoms with Crippen LogP contribution in [-0.4, -0.2) is 41.6 Å². The molecule has 1 fully saturated rings. The second-order valence-corrected chi connectivity index (χ2v) is 7.39. The van der Waals surface area contributed by atoms with Gasteiger partial charge in [-0.25, -0.2) is 9.78 Å². The molecule has 0 radical (unpaired) electrons. The smallest absolute Gasteiger partial charge is 0.322 e. The van der Waals surface area contributed by atoms with Crippen molar-refractivity contribution >= 4 is 51.7 Å². The number of nitrogens with zero attached hydrogens (tertiary/aromatic N) is 3. The van der Waals surface area contributed by atoms with Crippen molar-refractivity contribution < 1.29 is 4.79 Å². The number of amides is 2. The summed E-state index contributed by atoms with van der Waals surface area (Å²) in [5, 5.41) is 3.60. The second kappa shape index (κ2) is 7.57. The summed E-state index contributed by atoms with van der Waals surface area (Å²) in [6.45, 7) is 4.08. The van der Waals surface area contributed by atoms with Crippen molar-refractivity contribution in [3.05, 3.63) is 51.2 Å². The lowest BCUT2D eigenvalue weighted by Crippen LogP contribution is -2.55. The van der Waals surface area contributed by atoms with Crippen molar-refractivity contribution in [2.75, 3.05) is 29.9 Å². The van der Waals surface area contributed by atoms with Gasteiger partial charge in [0.15, 0.2) is 0 Å². The summed E-state index contributed by atoms with van der Waals surface area (Å²) < 4.78 is 1.14. The molecule has 2 heterocycles. The van der Waals surface area contributed by atoms with Crippen LogP contribution in [0, 0.1) is 3.57 Å². The van der Waals surface area contributed by atoms with Crippen LogP contribution in [0.2, 0.25) is 5.02 Å². The number of piperazine rings is 1. The number of urea groups is 1. The van der Waals surface area contributed by atoms with E-state index in [9.17, 15) is 4.79 Å². The third-order valence-corrected chi connectivity index (χ3v) is 5.04. The van der Waals surface area contributed by atoms with Crippen LogP contribution in [-0.2, 0) is 0 Å². The highest BCUT2D eigenvalue weighted by atomic mass is 127. The van der Waals surface area contributed by atoms with E-state index in [-0.39, 0.29) is 12.1 Å². The highest BCUT2D eigenvalue weighted by Gasteiger charge is 2.28. The molecule has 0 bridgehead atoms. The summed E-state index contributed by atoms with van der Waals surface area (Å²) in [4.78, 5) is 20.9. The summed E-state index contributed by atoms with van der Waals surface area (Å²) in [7, 11) is 0. The molecule has 1 aromatic heterocycles. The van der Waals surface area contributed by atoms with Crippen molar-refractivity contribution in [3.63, 3.8) is 0 Å². The monoisotopic (exact) mass is 456 g/mol. The first-order valence-corrected chi connectivity index (χ1v) is 9.19. The van der Waals surface area contributed by atoms with Gasteiger partial charge in [-0.3, -0.25) is 0 Å². The van der Waals surface area contributed by atoms with Gasteiger partial charge in [0.2, 0.25) is 0 Å². The zero-order chi connectivity index (χ0) is 17.1. The molecule has 2 aromatic rings. The number of rotatable bonds is 2. The summed E-state index contributed by atoms with van der Waals surface area (Å²) in [5.74, 6) is 0.781. The number of carbonyl (C=O) groups excluding carboxylic acids is 1. The van der Waals surface area contributed by atoms with E-state index in [1.807, 2.05) is 48.2 Å².